The van der Waals surface area contributed by atoms with Gasteiger partial charge in [-0.15, -0.1) is 22.7 Å². The molecule has 0 fully saturated rings. The molecular formula is C18H18Br2N2S2. The summed E-state index contributed by atoms with van der Waals surface area (Å²) in [5.74, 6) is 0.677. The van der Waals surface area contributed by atoms with Crippen LogP contribution in [0.3, 0.4) is 0 Å². The summed E-state index contributed by atoms with van der Waals surface area (Å²) in [5, 5.41) is 10.5. The second-order valence-electron chi connectivity index (χ2n) is 7.13. The summed E-state index contributed by atoms with van der Waals surface area (Å²) in [6.07, 6.45) is 5.10. The lowest BCUT2D eigenvalue weighted by Gasteiger charge is -2.33. The topological polar surface area (TPSA) is 36.1 Å². The van der Waals surface area contributed by atoms with Crippen molar-refractivity contribution in [1.82, 2.24) is 0 Å². The van der Waals surface area contributed by atoms with Crippen LogP contribution in [0.4, 0.5) is 5.00 Å². The predicted molar refractivity (Wildman–Crippen MR) is 111 cm³/mol. The first-order chi connectivity index (χ1) is 11.3. The van der Waals surface area contributed by atoms with Crippen LogP contribution in [0.1, 0.15) is 48.1 Å². The van der Waals surface area contributed by atoms with Gasteiger partial charge in [0, 0.05) is 20.4 Å². The molecule has 0 N–H and O–H groups in total. The molecule has 2 heterocycles. The van der Waals surface area contributed by atoms with E-state index in [1.54, 1.807) is 22.7 Å². The van der Waals surface area contributed by atoms with Gasteiger partial charge in [0.25, 0.3) is 0 Å². The Hall–Kier alpha value is -0.480. The van der Waals surface area contributed by atoms with Crippen molar-refractivity contribution < 1.29 is 0 Å². The van der Waals surface area contributed by atoms with Crippen molar-refractivity contribution in [3.63, 3.8) is 0 Å². The van der Waals surface area contributed by atoms with Crippen molar-refractivity contribution in [2.45, 2.75) is 40.0 Å². The van der Waals surface area contributed by atoms with E-state index in [1.807, 2.05) is 12.3 Å². The quantitative estimate of drug-likeness (QED) is 0.417. The number of nitrogens with zero attached hydrogens (tertiary/aromatic N) is 2. The molecule has 1 atom stereocenters. The van der Waals surface area contributed by atoms with Gasteiger partial charge in [-0.25, -0.2) is 4.99 Å². The highest BCUT2D eigenvalue weighted by molar-refractivity contribution is 9.13. The Bertz CT molecular complexity index is 815. The molecule has 0 aromatic carbocycles. The van der Waals surface area contributed by atoms with Gasteiger partial charge in [-0.05, 0) is 74.1 Å². The van der Waals surface area contributed by atoms with E-state index in [2.05, 4.69) is 63.7 Å². The Kier molecular flexibility index (Phi) is 5.36. The summed E-state index contributed by atoms with van der Waals surface area (Å²) in [7, 11) is 0. The first-order valence-corrected chi connectivity index (χ1v) is 11.0. The second kappa shape index (κ2) is 7.03. The highest BCUT2D eigenvalue weighted by Gasteiger charge is 2.32. The van der Waals surface area contributed by atoms with Crippen molar-refractivity contribution >= 4 is 65.7 Å². The van der Waals surface area contributed by atoms with E-state index in [0.29, 0.717) is 11.3 Å². The van der Waals surface area contributed by atoms with Gasteiger partial charge < -0.3 is 0 Å². The monoisotopic (exact) mass is 484 g/mol. The third kappa shape index (κ3) is 3.70. The maximum Gasteiger partial charge on any atom is 0.134 e. The van der Waals surface area contributed by atoms with Gasteiger partial charge in [-0.3, -0.25) is 0 Å². The second-order valence-corrected chi connectivity index (χ2v) is 11.5. The Labute approximate surface area is 167 Å². The summed E-state index contributed by atoms with van der Waals surface area (Å²) < 4.78 is 2.09. The van der Waals surface area contributed by atoms with E-state index in [1.165, 1.54) is 10.4 Å². The van der Waals surface area contributed by atoms with Gasteiger partial charge >= 0.3 is 0 Å². The normalized spacial score (nSPS) is 17.9. The lowest BCUT2D eigenvalue weighted by Crippen LogP contribution is -2.26. The summed E-state index contributed by atoms with van der Waals surface area (Å²) in [4.78, 5) is 7.06. The maximum absolute atomic E-state index is 9.60. The molecule has 6 heteroatoms. The fraction of sp³-hybridized carbons (Fsp3) is 0.444. The minimum atomic E-state index is 0.313. The van der Waals surface area contributed by atoms with E-state index in [0.717, 1.165) is 43.0 Å². The van der Waals surface area contributed by atoms with E-state index in [4.69, 9.17) is 0 Å². The van der Waals surface area contributed by atoms with Crippen molar-refractivity contribution in [1.29, 1.82) is 5.26 Å². The van der Waals surface area contributed by atoms with Crippen LogP contribution in [-0.4, -0.2) is 6.21 Å². The van der Waals surface area contributed by atoms with Crippen LogP contribution in [0.15, 0.2) is 19.3 Å². The molecule has 0 saturated heterocycles. The predicted octanol–water partition coefficient (Wildman–Crippen LogP) is 7.11. The lowest BCUT2D eigenvalue weighted by atomic mass is 9.72. The van der Waals surface area contributed by atoms with Crippen LogP contribution in [-0.2, 0) is 12.8 Å². The van der Waals surface area contributed by atoms with Crippen molar-refractivity contribution in [2.75, 3.05) is 0 Å². The van der Waals surface area contributed by atoms with Gasteiger partial charge in [0.15, 0.2) is 0 Å². The number of hydrogen-bond donors (Lipinski definition) is 0. The van der Waals surface area contributed by atoms with E-state index in [9.17, 15) is 5.26 Å². The molecule has 0 spiro atoms. The zero-order valence-corrected chi connectivity index (χ0v) is 18.6. The van der Waals surface area contributed by atoms with Crippen molar-refractivity contribution in [3.8, 4) is 6.07 Å². The molecule has 24 heavy (non-hydrogen) atoms. The Morgan fingerprint density at radius 3 is 2.67 bits per heavy atom. The molecule has 126 valence electrons. The third-order valence-corrected chi connectivity index (χ3v) is 8.91. The smallest absolute Gasteiger partial charge is 0.134 e. The first-order valence-electron chi connectivity index (χ1n) is 7.83. The summed E-state index contributed by atoms with van der Waals surface area (Å²) >= 11 is 10.3. The average molecular weight is 486 g/mol. The number of aliphatic imine (C=N–C) groups is 1. The van der Waals surface area contributed by atoms with Gasteiger partial charge in [0.1, 0.15) is 11.1 Å². The van der Waals surface area contributed by atoms with Crippen LogP contribution in [0.2, 0.25) is 0 Å². The first kappa shape index (κ1) is 18.3. The lowest BCUT2D eigenvalue weighted by molar-refractivity contribution is 0.218. The Morgan fingerprint density at radius 1 is 1.33 bits per heavy atom. The van der Waals surface area contributed by atoms with E-state index < -0.39 is 0 Å². The minimum absolute atomic E-state index is 0.313. The molecule has 0 saturated carbocycles. The summed E-state index contributed by atoms with van der Waals surface area (Å²) in [6, 6.07) is 4.43. The molecule has 1 aliphatic carbocycles. The molecule has 0 radical (unpaired) electrons. The highest BCUT2D eigenvalue weighted by atomic mass is 79.9. The number of rotatable bonds is 2. The SMILES string of the molecule is CC(C)(C)C1CCc2c(sc(/N=C/c3cc(Br)c(Br)s3)c2C#N)C1. The van der Waals surface area contributed by atoms with E-state index in [-0.39, 0.29) is 0 Å². The molecular weight excluding hydrogens is 468 g/mol. The Balaban J connectivity index is 1.91. The number of nitriles is 1. The van der Waals surface area contributed by atoms with Crippen LogP contribution in [0.5, 0.6) is 0 Å². The molecule has 0 aliphatic heterocycles. The van der Waals surface area contributed by atoms with Gasteiger partial charge in [-0.1, -0.05) is 20.8 Å². The van der Waals surface area contributed by atoms with Crippen LogP contribution < -0.4 is 0 Å². The molecule has 3 rings (SSSR count). The molecule has 2 nitrogen and oxygen atoms in total. The fourth-order valence-corrected chi connectivity index (χ4v) is 6.25. The number of halogens is 2. The molecule has 0 bridgehead atoms. The molecule has 1 aliphatic rings. The minimum Gasteiger partial charge on any atom is -0.243 e. The van der Waals surface area contributed by atoms with Gasteiger partial charge in [0.2, 0.25) is 0 Å². The van der Waals surface area contributed by atoms with E-state index >= 15 is 0 Å². The zero-order valence-electron chi connectivity index (χ0n) is 13.8. The molecule has 2 aromatic heterocycles. The molecule has 1 unspecified atom stereocenters. The van der Waals surface area contributed by atoms with Crippen LogP contribution >= 0.6 is 54.5 Å². The number of thiophene rings is 2. The van der Waals surface area contributed by atoms with Crippen LogP contribution in [0.25, 0.3) is 0 Å². The maximum atomic E-state index is 9.60. The number of fused-ring (bicyclic) bond motifs is 1. The summed E-state index contributed by atoms with van der Waals surface area (Å²) in [6.45, 7) is 6.94. The third-order valence-electron chi connectivity index (χ3n) is 4.56. The summed E-state index contributed by atoms with van der Waals surface area (Å²) in [5.41, 5.74) is 2.34. The Morgan fingerprint density at radius 2 is 2.08 bits per heavy atom. The van der Waals surface area contributed by atoms with Gasteiger partial charge in [-0.2, -0.15) is 5.26 Å². The highest BCUT2D eigenvalue weighted by Crippen LogP contribution is 2.45. The fourth-order valence-electron chi connectivity index (χ4n) is 3.07. The average Bonchev–Trinajstić information content (AvgIpc) is 3.03. The standard InChI is InChI=1S/C18H18Br2N2S2/c1-18(2,3)10-4-5-12-13(8-21)17(24-15(12)6-10)22-9-11-7-14(19)16(20)23-11/h7,9-10H,4-6H2,1-3H3/b22-9+. The number of hydrogen-bond acceptors (Lipinski definition) is 4. The largest absolute Gasteiger partial charge is 0.243 e. The van der Waals surface area contributed by atoms with Crippen molar-refractivity contribution in [3.05, 3.63) is 35.2 Å². The van der Waals surface area contributed by atoms with Gasteiger partial charge in [0.05, 0.1) is 9.35 Å². The molecule has 0 amide bonds. The molecule has 2 aromatic rings. The van der Waals surface area contributed by atoms with Crippen molar-refractivity contribution in [2.24, 2.45) is 16.3 Å². The van der Waals surface area contributed by atoms with Crippen LogP contribution in [0, 0.1) is 22.7 Å². The zero-order chi connectivity index (χ0) is 17.5.